The van der Waals surface area contributed by atoms with Crippen molar-refractivity contribution in [3.63, 3.8) is 0 Å². The van der Waals surface area contributed by atoms with Gasteiger partial charge in [0.2, 0.25) is 11.7 Å². The first-order valence-corrected chi connectivity index (χ1v) is 8.42. The summed E-state index contributed by atoms with van der Waals surface area (Å²) >= 11 is 5.94. The van der Waals surface area contributed by atoms with Gasteiger partial charge in [0, 0.05) is 37.8 Å². The second-order valence-corrected chi connectivity index (χ2v) is 7.85. The first kappa shape index (κ1) is 15.4. The van der Waals surface area contributed by atoms with E-state index in [0.29, 0.717) is 29.8 Å². The summed E-state index contributed by atoms with van der Waals surface area (Å²) in [5, 5.41) is 4.52. The molecule has 1 aromatic carbocycles. The van der Waals surface area contributed by atoms with E-state index in [1.807, 2.05) is 12.1 Å². The summed E-state index contributed by atoms with van der Waals surface area (Å²) in [5.41, 5.74) is 0.764. The van der Waals surface area contributed by atoms with Gasteiger partial charge >= 0.3 is 0 Å². The van der Waals surface area contributed by atoms with Crippen molar-refractivity contribution < 1.29 is 12.9 Å². The molecule has 0 unspecified atom stereocenters. The van der Waals surface area contributed by atoms with Gasteiger partial charge in [-0.2, -0.15) is 22.0 Å². The minimum absolute atomic E-state index is 0.0739. The predicted molar refractivity (Wildman–Crippen MR) is 81.7 cm³/mol. The Labute approximate surface area is 133 Å². The van der Waals surface area contributed by atoms with Gasteiger partial charge in [-0.05, 0) is 12.1 Å². The molecule has 1 aromatic heterocycles. The van der Waals surface area contributed by atoms with Crippen molar-refractivity contribution in [1.82, 2.24) is 18.8 Å². The lowest BCUT2D eigenvalue weighted by molar-refractivity contribution is 0.208. The van der Waals surface area contributed by atoms with Crippen LogP contribution in [0.4, 0.5) is 0 Å². The third-order valence-corrected chi connectivity index (χ3v) is 5.62. The number of benzene rings is 1. The molecule has 7 nitrogen and oxygen atoms in total. The van der Waals surface area contributed by atoms with E-state index in [1.165, 1.54) is 22.7 Å². The van der Waals surface area contributed by atoms with E-state index < -0.39 is 10.2 Å². The van der Waals surface area contributed by atoms with Crippen molar-refractivity contribution in [2.45, 2.75) is 5.92 Å². The Morgan fingerprint density at radius 3 is 2.73 bits per heavy atom. The highest BCUT2D eigenvalue weighted by Gasteiger charge is 2.40. The van der Waals surface area contributed by atoms with Crippen molar-refractivity contribution in [3.05, 3.63) is 35.2 Å². The van der Waals surface area contributed by atoms with E-state index in [2.05, 4.69) is 10.1 Å². The van der Waals surface area contributed by atoms with E-state index >= 15 is 0 Å². The summed E-state index contributed by atoms with van der Waals surface area (Å²) in [4.78, 5) is 4.33. The lowest BCUT2D eigenvalue weighted by Crippen LogP contribution is -2.52. The zero-order valence-electron chi connectivity index (χ0n) is 12.1. The predicted octanol–water partition coefficient (Wildman–Crippen LogP) is 1.60. The Bertz CT molecular complexity index is 784. The van der Waals surface area contributed by atoms with E-state index in [9.17, 15) is 8.42 Å². The van der Waals surface area contributed by atoms with Gasteiger partial charge in [-0.25, -0.2) is 0 Å². The highest BCUT2D eigenvalue weighted by molar-refractivity contribution is 7.86. The highest BCUT2D eigenvalue weighted by Crippen LogP contribution is 2.30. The fourth-order valence-electron chi connectivity index (χ4n) is 2.16. The van der Waals surface area contributed by atoms with Gasteiger partial charge in [0.05, 0.1) is 5.92 Å². The van der Waals surface area contributed by atoms with E-state index in [4.69, 9.17) is 16.1 Å². The molecule has 1 aliphatic heterocycles. The summed E-state index contributed by atoms with van der Waals surface area (Å²) in [6.07, 6.45) is 0. The number of nitrogens with zero attached hydrogens (tertiary/aromatic N) is 4. The molecule has 0 spiro atoms. The summed E-state index contributed by atoms with van der Waals surface area (Å²) < 4.78 is 31.7. The van der Waals surface area contributed by atoms with Gasteiger partial charge in [0.1, 0.15) is 0 Å². The van der Waals surface area contributed by atoms with Gasteiger partial charge in [-0.1, -0.05) is 28.9 Å². The third kappa shape index (κ3) is 2.74. The molecule has 0 saturated carbocycles. The molecule has 1 fully saturated rings. The molecule has 22 heavy (non-hydrogen) atoms. The molecule has 9 heteroatoms. The Morgan fingerprint density at radius 2 is 2.09 bits per heavy atom. The summed E-state index contributed by atoms with van der Waals surface area (Å²) in [6, 6.07) is 7.16. The maximum Gasteiger partial charge on any atom is 0.281 e. The zero-order valence-corrected chi connectivity index (χ0v) is 13.7. The minimum atomic E-state index is -3.37. The van der Waals surface area contributed by atoms with Crippen LogP contribution in [0.3, 0.4) is 0 Å². The molecule has 0 aliphatic carbocycles. The number of rotatable bonds is 4. The molecule has 1 aliphatic rings. The van der Waals surface area contributed by atoms with Gasteiger partial charge in [0.15, 0.2) is 0 Å². The lowest BCUT2D eigenvalue weighted by atomic mass is 10.0. The minimum Gasteiger partial charge on any atom is -0.339 e. The fraction of sp³-hybridized carbons (Fsp3) is 0.385. The second kappa shape index (κ2) is 5.62. The van der Waals surface area contributed by atoms with Gasteiger partial charge in [-0.3, -0.25) is 0 Å². The molecule has 0 amide bonds. The molecule has 3 rings (SSSR count). The Kier molecular flexibility index (Phi) is 3.94. The second-order valence-electron chi connectivity index (χ2n) is 5.27. The van der Waals surface area contributed by atoms with Crippen molar-refractivity contribution in [1.29, 1.82) is 0 Å². The lowest BCUT2D eigenvalue weighted by Gasteiger charge is -2.37. The van der Waals surface area contributed by atoms with Crippen LogP contribution in [0.15, 0.2) is 28.8 Å². The van der Waals surface area contributed by atoms with Crippen LogP contribution >= 0.6 is 11.6 Å². The van der Waals surface area contributed by atoms with Crippen LogP contribution in [-0.2, 0) is 10.2 Å². The summed E-state index contributed by atoms with van der Waals surface area (Å²) in [7, 11) is -0.360. The average Bonchev–Trinajstić information content (AvgIpc) is 2.86. The molecule has 0 bridgehead atoms. The first-order valence-electron chi connectivity index (χ1n) is 6.65. The zero-order chi connectivity index (χ0) is 15.9. The van der Waals surface area contributed by atoms with Crippen LogP contribution in [0.5, 0.6) is 0 Å². The summed E-state index contributed by atoms with van der Waals surface area (Å²) in [5.74, 6) is 0.821. The Balaban J connectivity index is 1.72. The number of halogens is 1. The summed E-state index contributed by atoms with van der Waals surface area (Å²) in [6.45, 7) is 0.690. The van der Waals surface area contributed by atoms with Gasteiger partial charge < -0.3 is 4.52 Å². The Morgan fingerprint density at radius 1 is 1.36 bits per heavy atom. The standard InChI is InChI=1S/C13H15ClN4O3S/c1-17(2)22(19,20)18-7-10(8-18)13-15-12(16-21-13)9-4-3-5-11(14)6-9/h3-6,10H,7-8H2,1-2H3. The maximum absolute atomic E-state index is 11.9. The molecule has 2 aromatic rings. The Hall–Kier alpha value is -1.48. The van der Waals surface area contributed by atoms with Crippen molar-refractivity contribution in [2.75, 3.05) is 27.2 Å². The van der Waals surface area contributed by atoms with E-state index in [-0.39, 0.29) is 5.92 Å². The third-order valence-electron chi connectivity index (χ3n) is 3.51. The molecule has 2 heterocycles. The molecule has 0 radical (unpaired) electrons. The van der Waals surface area contributed by atoms with Crippen LogP contribution in [0.1, 0.15) is 11.8 Å². The van der Waals surface area contributed by atoms with Gasteiger partial charge in [0.25, 0.3) is 10.2 Å². The quantitative estimate of drug-likeness (QED) is 0.843. The smallest absolute Gasteiger partial charge is 0.281 e. The van der Waals surface area contributed by atoms with Crippen LogP contribution < -0.4 is 0 Å². The van der Waals surface area contributed by atoms with Crippen molar-refractivity contribution in [2.24, 2.45) is 0 Å². The maximum atomic E-state index is 11.9. The van der Waals surface area contributed by atoms with Crippen molar-refractivity contribution in [3.8, 4) is 11.4 Å². The molecule has 118 valence electrons. The topological polar surface area (TPSA) is 79.5 Å². The SMILES string of the molecule is CN(C)S(=O)(=O)N1CC(c2nc(-c3cccc(Cl)c3)no2)C1. The molecular weight excluding hydrogens is 328 g/mol. The number of hydrogen-bond acceptors (Lipinski definition) is 5. The normalized spacial score (nSPS) is 16.9. The van der Waals surface area contributed by atoms with Crippen LogP contribution in [0, 0.1) is 0 Å². The first-order chi connectivity index (χ1) is 10.4. The van der Waals surface area contributed by atoms with Crippen LogP contribution in [0.25, 0.3) is 11.4 Å². The number of aromatic nitrogens is 2. The van der Waals surface area contributed by atoms with Gasteiger partial charge in [-0.15, -0.1) is 0 Å². The number of hydrogen-bond donors (Lipinski definition) is 0. The molecule has 1 saturated heterocycles. The average molecular weight is 343 g/mol. The van der Waals surface area contributed by atoms with Crippen LogP contribution in [0.2, 0.25) is 5.02 Å². The highest BCUT2D eigenvalue weighted by atomic mass is 35.5. The van der Waals surface area contributed by atoms with Crippen LogP contribution in [-0.4, -0.2) is 54.4 Å². The van der Waals surface area contributed by atoms with E-state index in [0.717, 1.165) is 5.56 Å². The monoisotopic (exact) mass is 342 g/mol. The van der Waals surface area contributed by atoms with E-state index in [1.54, 1.807) is 12.1 Å². The molecule has 0 atom stereocenters. The van der Waals surface area contributed by atoms with Crippen molar-refractivity contribution >= 4 is 21.8 Å². The molecule has 0 N–H and O–H groups in total. The largest absolute Gasteiger partial charge is 0.339 e. The fourth-order valence-corrected chi connectivity index (χ4v) is 3.55. The molecular formula is C13H15ClN4O3S.